The minimum absolute atomic E-state index is 0.0702. The van der Waals surface area contributed by atoms with E-state index in [4.69, 9.17) is 14.3 Å². The number of carbonyl (C=O) groups is 1. The van der Waals surface area contributed by atoms with Gasteiger partial charge in [-0.1, -0.05) is 51.1 Å². The van der Waals surface area contributed by atoms with Gasteiger partial charge < -0.3 is 24.2 Å². The zero-order valence-corrected chi connectivity index (χ0v) is 26.8. The van der Waals surface area contributed by atoms with Crippen LogP contribution in [0.15, 0.2) is 77.1 Å². The third-order valence-electron chi connectivity index (χ3n) is 6.28. The van der Waals surface area contributed by atoms with E-state index in [2.05, 4.69) is 23.3 Å². The number of hydrogen-bond acceptors (Lipinski definition) is 7. The molecule has 2 aliphatic rings. The zero-order chi connectivity index (χ0) is 32.6. The molecule has 0 aliphatic carbocycles. The highest BCUT2D eigenvalue weighted by Crippen LogP contribution is 2.37. The number of imidazole rings is 1. The molecule has 1 aromatic carbocycles. The van der Waals surface area contributed by atoms with Crippen LogP contribution in [0.3, 0.4) is 0 Å². The fourth-order valence-electron chi connectivity index (χ4n) is 4.51. The number of amidine groups is 1. The van der Waals surface area contributed by atoms with Gasteiger partial charge in [0.25, 0.3) is 0 Å². The minimum atomic E-state index is -1.50. The van der Waals surface area contributed by atoms with E-state index in [-0.39, 0.29) is 18.7 Å². The summed E-state index contributed by atoms with van der Waals surface area (Å²) in [6, 6.07) is 5.54. The van der Waals surface area contributed by atoms with Crippen molar-refractivity contribution in [3.63, 3.8) is 0 Å². The van der Waals surface area contributed by atoms with E-state index in [9.17, 15) is 14.0 Å². The molecule has 1 saturated heterocycles. The molecule has 10 heteroatoms. The highest BCUT2D eigenvalue weighted by Gasteiger charge is 2.54. The molecule has 0 bridgehead atoms. The number of nitrogens with zero attached hydrogens (tertiary/aromatic N) is 3. The number of aryl methyl sites for hydroxylation is 1. The number of nitrogens with one attached hydrogen (secondary N) is 1. The lowest BCUT2D eigenvalue weighted by atomic mass is 9.96. The summed E-state index contributed by atoms with van der Waals surface area (Å²) in [5.74, 6) is 0.0927. The second kappa shape index (κ2) is 18.3. The van der Waals surface area contributed by atoms with Crippen molar-refractivity contribution in [2.45, 2.75) is 73.5 Å². The van der Waals surface area contributed by atoms with E-state index in [1.54, 1.807) is 38.1 Å². The molecule has 3 heterocycles. The normalized spacial score (nSPS) is 18.2. The lowest BCUT2D eigenvalue weighted by Crippen LogP contribution is -2.56. The van der Waals surface area contributed by atoms with Crippen LogP contribution in [0.5, 0.6) is 5.75 Å². The van der Waals surface area contributed by atoms with Gasteiger partial charge in [-0.3, -0.25) is 4.57 Å². The fourth-order valence-corrected chi connectivity index (χ4v) is 4.51. The maximum atomic E-state index is 13.7. The summed E-state index contributed by atoms with van der Waals surface area (Å²) >= 11 is 0. The number of halogens is 1. The van der Waals surface area contributed by atoms with Crippen LogP contribution in [0.4, 0.5) is 4.39 Å². The maximum Gasteiger partial charge on any atom is 0.375 e. The van der Waals surface area contributed by atoms with Gasteiger partial charge in [-0.25, -0.2) is 14.0 Å². The topological polar surface area (TPSA) is 98.2 Å². The second-order valence-electron chi connectivity index (χ2n) is 8.76. The first kappa shape index (κ1) is 36.7. The average Bonchev–Trinajstić information content (AvgIpc) is 3.60. The van der Waals surface area contributed by atoms with Crippen molar-refractivity contribution in [1.29, 1.82) is 0 Å². The second-order valence-corrected chi connectivity index (χ2v) is 8.76. The van der Waals surface area contributed by atoms with Crippen molar-refractivity contribution >= 4 is 17.9 Å². The van der Waals surface area contributed by atoms with Crippen molar-refractivity contribution in [3.8, 4) is 11.4 Å². The van der Waals surface area contributed by atoms with E-state index in [1.807, 2.05) is 58.9 Å². The number of aromatic amines is 1. The number of ether oxygens (including phenoxy) is 2. The summed E-state index contributed by atoms with van der Waals surface area (Å²) < 4.78 is 26.1. The summed E-state index contributed by atoms with van der Waals surface area (Å²) in [5.41, 5.74) is 1.33. The van der Waals surface area contributed by atoms with Crippen molar-refractivity contribution < 1.29 is 23.5 Å². The number of fused-ring (bicyclic) bond motifs is 1. The smallest absolute Gasteiger partial charge is 0.375 e. The predicted molar refractivity (Wildman–Crippen MR) is 172 cm³/mol. The Morgan fingerprint density at radius 3 is 2.53 bits per heavy atom. The molecule has 0 amide bonds. The van der Waals surface area contributed by atoms with E-state index >= 15 is 0 Å². The lowest BCUT2D eigenvalue weighted by Gasteiger charge is -2.37. The number of benzene rings is 1. The number of piperidine rings is 1. The third-order valence-corrected chi connectivity index (χ3v) is 6.28. The van der Waals surface area contributed by atoms with E-state index < -0.39 is 17.5 Å². The molecular weight excluding hydrogens is 551 g/mol. The highest BCUT2D eigenvalue weighted by atomic mass is 19.1. The highest BCUT2D eigenvalue weighted by molar-refractivity contribution is 6.05. The van der Waals surface area contributed by atoms with Crippen LogP contribution in [0, 0.1) is 6.92 Å². The van der Waals surface area contributed by atoms with Crippen LogP contribution >= 0.6 is 0 Å². The van der Waals surface area contributed by atoms with Crippen LogP contribution in [0.2, 0.25) is 0 Å². The van der Waals surface area contributed by atoms with Crippen molar-refractivity contribution in [1.82, 2.24) is 14.5 Å². The Morgan fingerprint density at radius 1 is 1.26 bits per heavy atom. The number of esters is 1. The molecule has 2 aromatic rings. The summed E-state index contributed by atoms with van der Waals surface area (Å²) in [7, 11) is 1.55. The predicted octanol–water partition coefficient (Wildman–Crippen LogP) is 7.24. The molecule has 236 valence electrons. The molecule has 2 aliphatic heterocycles. The Labute approximate surface area is 255 Å². The first-order valence-corrected chi connectivity index (χ1v) is 14.7. The first-order valence-electron chi connectivity index (χ1n) is 14.7. The van der Waals surface area contributed by atoms with Gasteiger partial charge in [0.2, 0.25) is 0 Å². The Morgan fingerprint density at radius 2 is 1.95 bits per heavy atom. The minimum Gasteiger partial charge on any atom is -0.495 e. The molecule has 43 heavy (non-hydrogen) atoms. The Bertz CT molecular complexity index is 1370. The first-order chi connectivity index (χ1) is 20.8. The molecule has 1 fully saturated rings. The standard InChI is InChI=1S/C27H31FN4O5.2C2H6.C2H4/c1-5-21(28)10-7-13-27(25(33)36-6-2)32-14-8-9-20(24(32)30-37-27)15-19-11-12-22(23(16-19)35-4)31-17-18(3)29-26(31)34;3*1-2/h5,7,10-12,15-17H,6,8-9,13-14H2,1-4H3,(H,29,34);2*1-2H3;1-2H2/b10-7-,20-15+,21-5+;;;. The van der Waals surface area contributed by atoms with E-state index in [0.29, 0.717) is 23.8 Å². The fraction of sp³-hybridized carbons (Fsp3) is 0.424. The molecule has 0 spiro atoms. The number of allylic oxidation sites excluding steroid dienone is 3. The van der Waals surface area contributed by atoms with Crippen molar-refractivity contribution in [2.24, 2.45) is 5.16 Å². The number of methoxy groups -OCH3 is 1. The molecule has 9 nitrogen and oxygen atoms in total. The SMILES string of the molecule is C/C=C(F)\C=C/CC1(C(=O)OCC)ON=C2/C(=C/c3ccc(-n4cc(C)[nH]c4=O)c(OC)c3)CCCN21.C=C.CC.CC. The van der Waals surface area contributed by atoms with Crippen molar-refractivity contribution in [3.05, 3.63) is 88.9 Å². The molecule has 1 N–H and O–H groups in total. The quantitative estimate of drug-likeness (QED) is 0.195. The van der Waals surface area contributed by atoms with Crippen molar-refractivity contribution in [2.75, 3.05) is 20.3 Å². The summed E-state index contributed by atoms with van der Waals surface area (Å²) in [5, 5.41) is 4.28. The lowest BCUT2D eigenvalue weighted by molar-refractivity contribution is -0.185. The van der Waals surface area contributed by atoms with Gasteiger partial charge in [-0.05, 0) is 69.0 Å². The van der Waals surface area contributed by atoms with Gasteiger partial charge in [0, 0.05) is 24.9 Å². The average molecular weight is 599 g/mol. The van der Waals surface area contributed by atoms with Gasteiger partial charge >= 0.3 is 17.4 Å². The number of carbonyl (C=O) groups excluding carboxylic acids is 1. The maximum absolute atomic E-state index is 13.7. The third kappa shape index (κ3) is 8.59. The van der Waals surface area contributed by atoms with E-state index in [0.717, 1.165) is 29.7 Å². The Kier molecular flexibility index (Phi) is 15.6. The van der Waals surface area contributed by atoms with Crippen LogP contribution in [0.1, 0.15) is 72.1 Å². The molecule has 1 atom stereocenters. The number of oxime groups is 1. The van der Waals surface area contributed by atoms with Gasteiger partial charge in [0.05, 0.1) is 19.4 Å². The Balaban J connectivity index is 0.00000145. The number of aromatic nitrogens is 2. The van der Waals surface area contributed by atoms with Crippen LogP contribution in [0.25, 0.3) is 11.8 Å². The summed E-state index contributed by atoms with van der Waals surface area (Å²) in [6.45, 7) is 19.8. The molecule has 1 aromatic heterocycles. The number of hydrogen-bond donors (Lipinski definition) is 1. The van der Waals surface area contributed by atoms with Crippen LogP contribution in [-0.4, -0.2) is 52.2 Å². The monoisotopic (exact) mass is 598 g/mol. The van der Waals surface area contributed by atoms with Crippen LogP contribution < -0.4 is 10.4 Å². The van der Waals surface area contributed by atoms with Crippen LogP contribution in [-0.2, 0) is 14.4 Å². The van der Waals surface area contributed by atoms with E-state index in [1.165, 1.54) is 16.7 Å². The summed E-state index contributed by atoms with van der Waals surface area (Å²) in [6.07, 6.45) is 9.41. The summed E-state index contributed by atoms with van der Waals surface area (Å²) in [4.78, 5) is 35.6. The molecule has 0 saturated carbocycles. The Hall–Kier alpha value is -4.34. The van der Waals surface area contributed by atoms with Gasteiger partial charge in [0.1, 0.15) is 11.6 Å². The molecule has 1 unspecified atom stereocenters. The van der Waals surface area contributed by atoms with Gasteiger partial charge in [-0.2, -0.15) is 0 Å². The number of rotatable bonds is 8. The van der Waals surface area contributed by atoms with Gasteiger partial charge in [-0.15, -0.1) is 13.2 Å². The molecular formula is C33H47FN4O5. The number of H-pyrrole nitrogens is 1. The van der Waals surface area contributed by atoms with Gasteiger partial charge in [0.15, 0.2) is 5.84 Å². The largest absolute Gasteiger partial charge is 0.495 e. The molecule has 0 radical (unpaired) electrons. The molecule has 4 rings (SSSR count). The zero-order valence-electron chi connectivity index (χ0n) is 26.8.